The normalized spacial score (nSPS) is 10.9. The molecule has 0 heterocycles. The second kappa shape index (κ2) is 5.53. The standard InChI is InChI=1S/C16H16ClF/c1-11(2)9-14-4-3-13(10-16(14)17)12-5-7-15(18)8-6-12/h3-8,10-11H,9H2,1-2H3. The van der Waals surface area contributed by atoms with E-state index in [1.54, 1.807) is 12.1 Å². The average molecular weight is 263 g/mol. The zero-order valence-electron chi connectivity index (χ0n) is 10.6. The summed E-state index contributed by atoms with van der Waals surface area (Å²) in [5.41, 5.74) is 3.17. The lowest BCUT2D eigenvalue weighted by molar-refractivity contribution is 0.628. The van der Waals surface area contributed by atoms with E-state index in [0.29, 0.717) is 5.92 Å². The fourth-order valence-electron chi connectivity index (χ4n) is 1.97. The Hall–Kier alpha value is -1.34. The fourth-order valence-corrected chi connectivity index (χ4v) is 2.23. The summed E-state index contributed by atoms with van der Waals surface area (Å²) in [6, 6.07) is 12.5. The Balaban J connectivity index is 2.31. The third kappa shape index (κ3) is 3.11. The van der Waals surface area contributed by atoms with Crippen LogP contribution in [0.2, 0.25) is 5.02 Å². The first-order valence-corrected chi connectivity index (χ1v) is 6.48. The lowest BCUT2D eigenvalue weighted by atomic mass is 9.99. The van der Waals surface area contributed by atoms with Crippen LogP contribution in [0.1, 0.15) is 19.4 Å². The monoisotopic (exact) mass is 262 g/mol. The minimum absolute atomic E-state index is 0.221. The van der Waals surface area contributed by atoms with Gasteiger partial charge >= 0.3 is 0 Å². The molecule has 0 saturated heterocycles. The van der Waals surface area contributed by atoms with Gasteiger partial charge in [0.1, 0.15) is 5.82 Å². The van der Waals surface area contributed by atoms with Crippen LogP contribution >= 0.6 is 11.6 Å². The van der Waals surface area contributed by atoms with Gasteiger partial charge in [-0.25, -0.2) is 4.39 Å². The Kier molecular flexibility index (Phi) is 4.03. The number of halogens is 2. The first-order chi connectivity index (χ1) is 8.56. The van der Waals surface area contributed by atoms with Crippen molar-refractivity contribution in [2.24, 2.45) is 5.92 Å². The van der Waals surface area contributed by atoms with Gasteiger partial charge in [0.15, 0.2) is 0 Å². The molecule has 0 spiro atoms. The van der Waals surface area contributed by atoms with E-state index in [-0.39, 0.29) is 5.82 Å². The maximum Gasteiger partial charge on any atom is 0.123 e. The second-order valence-electron chi connectivity index (χ2n) is 4.91. The molecule has 0 aliphatic rings. The quantitative estimate of drug-likeness (QED) is 0.700. The van der Waals surface area contributed by atoms with Gasteiger partial charge in [-0.05, 0) is 47.2 Å². The first kappa shape index (κ1) is 13.1. The van der Waals surface area contributed by atoms with Gasteiger partial charge in [0.2, 0.25) is 0 Å². The molecular weight excluding hydrogens is 247 g/mol. The molecule has 0 amide bonds. The van der Waals surface area contributed by atoms with Crippen molar-refractivity contribution in [1.82, 2.24) is 0 Å². The number of benzene rings is 2. The number of hydrogen-bond donors (Lipinski definition) is 0. The summed E-state index contributed by atoms with van der Waals surface area (Å²) in [5.74, 6) is 0.362. The highest BCUT2D eigenvalue weighted by atomic mass is 35.5. The fraction of sp³-hybridized carbons (Fsp3) is 0.250. The minimum atomic E-state index is -0.221. The van der Waals surface area contributed by atoms with Gasteiger partial charge in [0.25, 0.3) is 0 Å². The molecule has 0 aromatic heterocycles. The predicted octanol–water partition coefficient (Wildman–Crippen LogP) is 5.34. The molecule has 0 atom stereocenters. The Morgan fingerprint density at radius 2 is 1.61 bits per heavy atom. The maximum atomic E-state index is 12.9. The Bertz CT molecular complexity index is 529. The average Bonchev–Trinajstić information content (AvgIpc) is 2.32. The molecule has 0 fully saturated rings. The zero-order chi connectivity index (χ0) is 13.1. The Morgan fingerprint density at radius 3 is 2.17 bits per heavy atom. The molecular formula is C16H16ClF. The molecule has 18 heavy (non-hydrogen) atoms. The van der Waals surface area contributed by atoms with E-state index in [1.807, 2.05) is 12.1 Å². The summed E-state index contributed by atoms with van der Waals surface area (Å²) in [7, 11) is 0. The van der Waals surface area contributed by atoms with E-state index < -0.39 is 0 Å². The number of hydrogen-bond acceptors (Lipinski definition) is 0. The van der Waals surface area contributed by atoms with Crippen LogP contribution in [0.3, 0.4) is 0 Å². The molecule has 0 saturated carbocycles. The van der Waals surface area contributed by atoms with Gasteiger partial charge < -0.3 is 0 Å². The summed E-state index contributed by atoms with van der Waals surface area (Å²) in [4.78, 5) is 0. The minimum Gasteiger partial charge on any atom is -0.207 e. The highest BCUT2D eigenvalue weighted by Crippen LogP contribution is 2.27. The molecule has 0 bridgehead atoms. The van der Waals surface area contributed by atoms with Crippen LogP contribution in [0.25, 0.3) is 11.1 Å². The highest BCUT2D eigenvalue weighted by molar-refractivity contribution is 6.31. The van der Waals surface area contributed by atoms with Crippen molar-refractivity contribution >= 4 is 11.6 Å². The summed E-state index contributed by atoms with van der Waals surface area (Å²) in [6.07, 6.45) is 0.975. The van der Waals surface area contributed by atoms with Gasteiger partial charge in [0.05, 0.1) is 0 Å². The predicted molar refractivity (Wildman–Crippen MR) is 75.4 cm³/mol. The van der Waals surface area contributed by atoms with Gasteiger partial charge in [-0.15, -0.1) is 0 Å². The third-order valence-corrected chi connectivity index (χ3v) is 3.21. The lowest BCUT2D eigenvalue weighted by Crippen LogP contribution is -1.95. The van der Waals surface area contributed by atoms with Gasteiger partial charge in [-0.3, -0.25) is 0 Å². The Labute approximate surface area is 112 Å². The van der Waals surface area contributed by atoms with Crippen molar-refractivity contribution in [2.75, 3.05) is 0 Å². The van der Waals surface area contributed by atoms with E-state index in [9.17, 15) is 4.39 Å². The van der Waals surface area contributed by atoms with Crippen LogP contribution < -0.4 is 0 Å². The van der Waals surface area contributed by atoms with Crippen LogP contribution in [0.15, 0.2) is 42.5 Å². The van der Waals surface area contributed by atoms with Crippen LogP contribution in [0.4, 0.5) is 4.39 Å². The molecule has 94 valence electrons. The van der Waals surface area contributed by atoms with E-state index in [4.69, 9.17) is 11.6 Å². The smallest absolute Gasteiger partial charge is 0.123 e. The molecule has 0 nitrogen and oxygen atoms in total. The van der Waals surface area contributed by atoms with E-state index >= 15 is 0 Å². The Morgan fingerprint density at radius 1 is 1.00 bits per heavy atom. The lowest BCUT2D eigenvalue weighted by Gasteiger charge is -2.09. The van der Waals surface area contributed by atoms with Gasteiger partial charge in [-0.1, -0.05) is 49.7 Å². The topological polar surface area (TPSA) is 0 Å². The van der Waals surface area contributed by atoms with Crippen LogP contribution in [0, 0.1) is 11.7 Å². The summed E-state index contributed by atoms with van der Waals surface area (Å²) in [5, 5.41) is 0.783. The molecule has 2 aromatic rings. The van der Waals surface area contributed by atoms with Crippen molar-refractivity contribution in [1.29, 1.82) is 0 Å². The molecule has 0 aliphatic carbocycles. The van der Waals surface area contributed by atoms with Crippen LogP contribution in [0.5, 0.6) is 0 Å². The van der Waals surface area contributed by atoms with E-state index in [1.165, 1.54) is 12.1 Å². The van der Waals surface area contributed by atoms with E-state index in [0.717, 1.165) is 28.1 Å². The first-order valence-electron chi connectivity index (χ1n) is 6.10. The summed E-state index contributed by atoms with van der Waals surface area (Å²) < 4.78 is 12.9. The van der Waals surface area contributed by atoms with Crippen molar-refractivity contribution in [3.05, 3.63) is 58.9 Å². The van der Waals surface area contributed by atoms with Crippen molar-refractivity contribution in [3.63, 3.8) is 0 Å². The van der Waals surface area contributed by atoms with Crippen LogP contribution in [-0.4, -0.2) is 0 Å². The molecule has 0 unspecified atom stereocenters. The highest BCUT2D eigenvalue weighted by Gasteiger charge is 2.05. The zero-order valence-corrected chi connectivity index (χ0v) is 11.3. The van der Waals surface area contributed by atoms with Crippen molar-refractivity contribution < 1.29 is 4.39 Å². The summed E-state index contributed by atoms with van der Waals surface area (Å²) in [6.45, 7) is 4.34. The number of rotatable bonds is 3. The largest absolute Gasteiger partial charge is 0.207 e. The molecule has 2 rings (SSSR count). The van der Waals surface area contributed by atoms with E-state index in [2.05, 4.69) is 19.9 Å². The van der Waals surface area contributed by atoms with Gasteiger partial charge in [0, 0.05) is 5.02 Å². The van der Waals surface area contributed by atoms with Crippen LogP contribution in [-0.2, 0) is 6.42 Å². The molecule has 0 aliphatic heterocycles. The molecule has 0 N–H and O–H groups in total. The van der Waals surface area contributed by atoms with Gasteiger partial charge in [-0.2, -0.15) is 0 Å². The second-order valence-corrected chi connectivity index (χ2v) is 5.32. The molecule has 2 heteroatoms. The molecule has 2 aromatic carbocycles. The summed E-state index contributed by atoms with van der Waals surface area (Å²) >= 11 is 6.28. The third-order valence-electron chi connectivity index (χ3n) is 2.86. The SMILES string of the molecule is CC(C)Cc1ccc(-c2ccc(F)cc2)cc1Cl. The van der Waals surface area contributed by atoms with Crippen molar-refractivity contribution in [3.8, 4) is 11.1 Å². The maximum absolute atomic E-state index is 12.9. The molecule has 0 radical (unpaired) electrons. The van der Waals surface area contributed by atoms with Crippen molar-refractivity contribution in [2.45, 2.75) is 20.3 Å².